The van der Waals surface area contributed by atoms with Gasteiger partial charge in [0.25, 0.3) is 5.91 Å². The summed E-state index contributed by atoms with van der Waals surface area (Å²) in [5, 5.41) is 2.94. The van der Waals surface area contributed by atoms with Gasteiger partial charge in [0.15, 0.2) is 0 Å². The van der Waals surface area contributed by atoms with E-state index in [9.17, 15) is 14.4 Å². The van der Waals surface area contributed by atoms with Gasteiger partial charge >= 0.3 is 0 Å². The average Bonchev–Trinajstić information content (AvgIpc) is 3.36. The number of carbonyl (C=O) groups excluding carboxylic acids is 3. The Hall–Kier alpha value is -3.21. The van der Waals surface area contributed by atoms with Crippen LogP contribution in [0.25, 0.3) is 0 Å². The number of imide groups is 1. The Bertz CT molecular complexity index is 1120. The van der Waals surface area contributed by atoms with Gasteiger partial charge in [-0.05, 0) is 80.5 Å². The topological polar surface area (TPSA) is 66.5 Å². The summed E-state index contributed by atoms with van der Waals surface area (Å²) in [6.45, 7) is 6.03. The van der Waals surface area contributed by atoms with Crippen molar-refractivity contribution in [2.45, 2.75) is 27.2 Å². The molecule has 5 heteroatoms. The van der Waals surface area contributed by atoms with Crippen LogP contribution in [0.15, 0.2) is 54.1 Å². The molecule has 1 N–H and O–H groups in total. The van der Waals surface area contributed by atoms with Crippen molar-refractivity contribution in [1.82, 2.24) is 0 Å². The molecule has 4 atom stereocenters. The number of nitrogens with zero attached hydrogens (tertiary/aromatic N) is 1. The first-order chi connectivity index (χ1) is 14.4. The second-order valence-electron chi connectivity index (χ2n) is 8.73. The Morgan fingerprint density at radius 1 is 0.967 bits per heavy atom. The largest absolute Gasteiger partial charge is 0.322 e. The Labute approximate surface area is 175 Å². The number of anilines is 2. The first kappa shape index (κ1) is 18.8. The molecule has 1 saturated carbocycles. The molecule has 152 valence electrons. The molecule has 2 aromatic carbocycles. The summed E-state index contributed by atoms with van der Waals surface area (Å²) in [7, 11) is 0. The highest BCUT2D eigenvalue weighted by molar-refractivity contribution is 6.23. The van der Waals surface area contributed by atoms with Gasteiger partial charge in [-0.3, -0.25) is 19.3 Å². The van der Waals surface area contributed by atoms with Crippen LogP contribution in [-0.4, -0.2) is 17.7 Å². The van der Waals surface area contributed by atoms with Gasteiger partial charge in [-0.2, -0.15) is 0 Å². The van der Waals surface area contributed by atoms with E-state index >= 15 is 0 Å². The predicted octanol–water partition coefficient (Wildman–Crippen LogP) is 4.26. The highest BCUT2D eigenvalue weighted by Crippen LogP contribution is 2.55. The molecule has 2 bridgehead atoms. The molecule has 0 aromatic heterocycles. The number of hydrogen-bond acceptors (Lipinski definition) is 3. The van der Waals surface area contributed by atoms with Crippen LogP contribution in [0.4, 0.5) is 11.4 Å². The molecular weight excluding hydrogens is 376 g/mol. The second-order valence-corrected chi connectivity index (χ2v) is 8.73. The number of rotatable bonds is 3. The molecular formula is C25H24N2O3. The van der Waals surface area contributed by atoms with E-state index < -0.39 is 0 Å². The lowest BCUT2D eigenvalue weighted by Gasteiger charge is -2.19. The number of benzene rings is 2. The average molecular weight is 400 g/mol. The third-order valence-corrected chi connectivity index (χ3v) is 7.12. The smallest absolute Gasteiger partial charge is 0.255 e. The van der Waals surface area contributed by atoms with Crippen LogP contribution in [0.2, 0.25) is 0 Å². The van der Waals surface area contributed by atoms with Crippen molar-refractivity contribution < 1.29 is 14.4 Å². The Morgan fingerprint density at radius 3 is 2.40 bits per heavy atom. The molecule has 3 amide bonds. The Morgan fingerprint density at radius 2 is 1.67 bits per heavy atom. The number of allylic oxidation sites excluding steroid dienone is 2. The molecule has 1 heterocycles. The normalized spacial score (nSPS) is 26.8. The minimum atomic E-state index is -0.224. The SMILES string of the molecule is CC1=C[C@H]2C[C@H]1[C@H]1C(=O)N(c3ccc(C(=O)Nc4cccc(C)c4C)cc3)C(=O)[C@H]12. The second kappa shape index (κ2) is 6.66. The maximum atomic E-state index is 13.1. The molecule has 5 rings (SSSR count). The van der Waals surface area contributed by atoms with E-state index in [1.54, 1.807) is 24.3 Å². The summed E-state index contributed by atoms with van der Waals surface area (Å²) in [6.07, 6.45) is 3.09. The lowest BCUT2D eigenvalue weighted by Crippen LogP contribution is -2.33. The minimum Gasteiger partial charge on any atom is -0.322 e. The van der Waals surface area contributed by atoms with Gasteiger partial charge in [-0.25, -0.2) is 0 Å². The van der Waals surface area contributed by atoms with Crippen LogP contribution in [-0.2, 0) is 9.59 Å². The first-order valence-corrected chi connectivity index (χ1v) is 10.4. The highest BCUT2D eigenvalue weighted by atomic mass is 16.2. The summed E-state index contributed by atoms with van der Waals surface area (Å²) in [4.78, 5) is 40.1. The fourth-order valence-electron chi connectivity index (χ4n) is 5.37. The van der Waals surface area contributed by atoms with Gasteiger partial charge in [0.2, 0.25) is 11.8 Å². The molecule has 30 heavy (non-hydrogen) atoms. The predicted molar refractivity (Wildman–Crippen MR) is 115 cm³/mol. The van der Waals surface area contributed by atoms with Crippen molar-refractivity contribution in [3.05, 3.63) is 70.8 Å². The zero-order valence-corrected chi connectivity index (χ0v) is 17.3. The van der Waals surface area contributed by atoms with Crippen LogP contribution in [0, 0.1) is 37.5 Å². The van der Waals surface area contributed by atoms with E-state index in [0.29, 0.717) is 11.3 Å². The quantitative estimate of drug-likeness (QED) is 0.618. The molecule has 1 aliphatic heterocycles. The molecule has 0 radical (unpaired) electrons. The fourth-order valence-corrected chi connectivity index (χ4v) is 5.37. The molecule has 0 spiro atoms. The van der Waals surface area contributed by atoms with Crippen LogP contribution < -0.4 is 10.2 Å². The van der Waals surface area contributed by atoms with Gasteiger partial charge in [-0.15, -0.1) is 0 Å². The number of nitrogens with one attached hydrogen (secondary N) is 1. The van der Waals surface area contributed by atoms with Crippen molar-refractivity contribution in [1.29, 1.82) is 0 Å². The van der Waals surface area contributed by atoms with Crippen molar-refractivity contribution in [2.75, 3.05) is 10.2 Å². The number of fused-ring (bicyclic) bond motifs is 5. The number of hydrogen-bond donors (Lipinski definition) is 1. The standard InChI is InChI=1S/C25H24N2O3/c1-13-5-4-6-20(15(13)3)26-23(28)16-7-9-18(10-8-16)27-24(29)21-17-11-14(2)19(12-17)22(21)25(27)30/h4-11,17,19,21-22H,12H2,1-3H3,(H,26,28)/t17-,19+,21-,22+/m0/s1. The number of aryl methyl sites for hydroxylation is 1. The van der Waals surface area contributed by atoms with E-state index in [2.05, 4.69) is 18.3 Å². The zero-order valence-electron chi connectivity index (χ0n) is 17.3. The fraction of sp³-hybridized carbons (Fsp3) is 0.320. The summed E-state index contributed by atoms with van der Waals surface area (Å²) in [6, 6.07) is 12.5. The van der Waals surface area contributed by atoms with E-state index in [1.807, 2.05) is 32.0 Å². The minimum absolute atomic E-state index is 0.0995. The Kier molecular flexibility index (Phi) is 4.17. The van der Waals surface area contributed by atoms with Crippen LogP contribution in [0.3, 0.4) is 0 Å². The van der Waals surface area contributed by atoms with Crippen molar-refractivity contribution in [3.63, 3.8) is 0 Å². The molecule has 5 nitrogen and oxygen atoms in total. The van der Waals surface area contributed by atoms with Crippen LogP contribution in [0.1, 0.15) is 34.8 Å². The maximum Gasteiger partial charge on any atom is 0.255 e. The molecule has 2 aromatic rings. The molecule has 3 aliphatic rings. The van der Waals surface area contributed by atoms with Crippen molar-refractivity contribution in [3.8, 4) is 0 Å². The monoisotopic (exact) mass is 400 g/mol. The van der Waals surface area contributed by atoms with E-state index in [-0.39, 0.29) is 41.4 Å². The molecule has 0 unspecified atom stereocenters. The van der Waals surface area contributed by atoms with Crippen LogP contribution in [0.5, 0.6) is 0 Å². The van der Waals surface area contributed by atoms with Gasteiger partial charge in [0, 0.05) is 11.3 Å². The zero-order chi connectivity index (χ0) is 21.2. The number of amides is 3. The third-order valence-electron chi connectivity index (χ3n) is 7.12. The van der Waals surface area contributed by atoms with E-state index in [1.165, 1.54) is 10.5 Å². The third kappa shape index (κ3) is 2.65. The summed E-state index contributed by atoms with van der Waals surface area (Å²) < 4.78 is 0. The first-order valence-electron chi connectivity index (χ1n) is 10.4. The molecule has 1 saturated heterocycles. The maximum absolute atomic E-state index is 13.1. The van der Waals surface area contributed by atoms with Gasteiger partial charge in [-0.1, -0.05) is 23.8 Å². The van der Waals surface area contributed by atoms with Gasteiger partial charge in [0.05, 0.1) is 17.5 Å². The van der Waals surface area contributed by atoms with E-state index in [4.69, 9.17) is 0 Å². The lowest BCUT2D eigenvalue weighted by molar-refractivity contribution is -0.123. The van der Waals surface area contributed by atoms with E-state index in [0.717, 1.165) is 23.2 Å². The van der Waals surface area contributed by atoms with Crippen molar-refractivity contribution >= 4 is 29.1 Å². The van der Waals surface area contributed by atoms with Gasteiger partial charge < -0.3 is 5.32 Å². The number of carbonyl (C=O) groups is 3. The van der Waals surface area contributed by atoms with Crippen molar-refractivity contribution in [2.24, 2.45) is 23.7 Å². The molecule has 2 aliphatic carbocycles. The summed E-state index contributed by atoms with van der Waals surface area (Å²) >= 11 is 0. The van der Waals surface area contributed by atoms with Crippen LogP contribution >= 0.6 is 0 Å². The Balaban J connectivity index is 1.36. The van der Waals surface area contributed by atoms with Gasteiger partial charge in [0.1, 0.15) is 0 Å². The molecule has 2 fully saturated rings. The highest BCUT2D eigenvalue weighted by Gasteiger charge is 2.60. The summed E-state index contributed by atoms with van der Waals surface area (Å²) in [5.74, 6) is -0.484. The lowest BCUT2D eigenvalue weighted by atomic mass is 9.82. The summed E-state index contributed by atoms with van der Waals surface area (Å²) in [5.41, 5.74) is 5.18.